The summed E-state index contributed by atoms with van der Waals surface area (Å²) in [5, 5.41) is 3.34. The summed E-state index contributed by atoms with van der Waals surface area (Å²) in [5.74, 6) is 7.06. The lowest BCUT2D eigenvalue weighted by Crippen LogP contribution is -2.48. The Bertz CT molecular complexity index is 468. The molecule has 0 aliphatic carbocycles. The van der Waals surface area contributed by atoms with Gasteiger partial charge in [0.05, 0.1) is 11.2 Å². The molecule has 0 amide bonds. The Hall–Kier alpha value is -1.15. The summed E-state index contributed by atoms with van der Waals surface area (Å²) in [6.07, 6.45) is 7.25. The number of ether oxygens (including phenoxy) is 2. The molecule has 0 atom stereocenters. The van der Waals surface area contributed by atoms with Gasteiger partial charge in [0, 0.05) is 34.8 Å². The highest BCUT2D eigenvalue weighted by Crippen LogP contribution is 2.27. The SMILES string of the molecule is CC/C(C=NC)=C/C#CC1CCNCC1.COC(C)(C)C(C)(C)OC.[HH]. The van der Waals surface area contributed by atoms with Crippen molar-refractivity contribution in [3.63, 3.8) is 0 Å². The van der Waals surface area contributed by atoms with Crippen LogP contribution < -0.4 is 5.32 Å². The van der Waals surface area contributed by atoms with Crippen LogP contribution in [-0.4, -0.2) is 51.8 Å². The van der Waals surface area contributed by atoms with Crippen LogP contribution in [0.4, 0.5) is 0 Å². The number of nitrogens with one attached hydrogen (secondary N) is 1. The average molecular weight is 353 g/mol. The molecule has 0 unspecified atom stereocenters. The zero-order chi connectivity index (χ0) is 19.3. The summed E-state index contributed by atoms with van der Waals surface area (Å²) in [4.78, 5) is 4.00. The van der Waals surface area contributed by atoms with Crippen molar-refractivity contribution in [2.24, 2.45) is 10.9 Å². The second-order valence-corrected chi connectivity index (χ2v) is 7.20. The van der Waals surface area contributed by atoms with Crippen molar-refractivity contribution in [3.8, 4) is 11.8 Å². The molecule has 25 heavy (non-hydrogen) atoms. The molecule has 1 rings (SSSR count). The Morgan fingerprint density at radius 1 is 1.16 bits per heavy atom. The van der Waals surface area contributed by atoms with Gasteiger partial charge in [0.2, 0.25) is 0 Å². The van der Waals surface area contributed by atoms with Gasteiger partial charge in [-0.25, -0.2) is 0 Å². The highest BCUT2D eigenvalue weighted by molar-refractivity contribution is 5.79. The van der Waals surface area contributed by atoms with Gasteiger partial charge in [-0.3, -0.25) is 4.99 Å². The lowest BCUT2D eigenvalue weighted by Gasteiger charge is -2.38. The van der Waals surface area contributed by atoms with Gasteiger partial charge in [-0.1, -0.05) is 18.8 Å². The molecule has 1 heterocycles. The van der Waals surface area contributed by atoms with E-state index in [0.717, 1.165) is 19.5 Å². The van der Waals surface area contributed by atoms with E-state index in [1.165, 1.54) is 18.4 Å². The Kier molecular flexibility index (Phi) is 11.7. The van der Waals surface area contributed by atoms with E-state index in [1.54, 1.807) is 21.3 Å². The van der Waals surface area contributed by atoms with Gasteiger partial charge < -0.3 is 14.8 Å². The lowest BCUT2D eigenvalue weighted by atomic mass is 9.89. The fraction of sp³-hybridized carbons (Fsp3) is 0.762. The van der Waals surface area contributed by atoms with Gasteiger partial charge >= 0.3 is 0 Å². The molecular weight excluding hydrogens is 312 g/mol. The topological polar surface area (TPSA) is 42.9 Å². The Morgan fingerprint density at radius 2 is 1.68 bits per heavy atom. The standard InChI is InChI=1S/C13H20N2.C8H18O2.H2/c1-3-12(11-14-2)5-4-6-13-7-9-15-10-8-13;1-7(2,9-5)8(3,4)10-6;/h5,11,13,15H,3,7-10H2,1-2H3;1-6H3;1H/b12-5-,14-11?;;. The van der Waals surface area contributed by atoms with Gasteiger partial charge in [-0.2, -0.15) is 0 Å². The number of aliphatic imine (C=N–C) groups is 1. The average Bonchev–Trinajstić information content (AvgIpc) is 2.62. The second-order valence-electron chi connectivity index (χ2n) is 7.20. The van der Waals surface area contributed by atoms with E-state index in [9.17, 15) is 0 Å². The zero-order valence-corrected chi connectivity index (χ0v) is 17.5. The maximum atomic E-state index is 5.27. The first-order valence-electron chi connectivity index (χ1n) is 9.17. The third kappa shape index (κ3) is 9.21. The maximum absolute atomic E-state index is 5.27. The van der Waals surface area contributed by atoms with Crippen LogP contribution in [0.5, 0.6) is 0 Å². The molecule has 0 aromatic rings. The number of hydrogen-bond acceptors (Lipinski definition) is 4. The fourth-order valence-corrected chi connectivity index (χ4v) is 2.11. The molecule has 1 aliphatic heterocycles. The quantitative estimate of drug-likeness (QED) is 0.598. The predicted molar refractivity (Wildman–Crippen MR) is 110 cm³/mol. The van der Waals surface area contributed by atoms with E-state index >= 15 is 0 Å². The molecule has 1 fully saturated rings. The molecule has 0 radical (unpaired) electrons. The highest BCUT2D eigenvalue weighted by atomic mass is 16.5. The van der Waals surface area contributed by atoms with Crippen LogP contribution in [0, 0.1) is 17.8 Å². The van der Waals surface area contributed by atoms with Crippen molar-refractivity contribution >= 4 is 6.21 Å². The summed E-state index contributed by atoms with van der Waals surface area (Å²) in [5.41, 5.74) is 0.739. The van der Waals surface area contributed by atoms with E-state index in [4.69, 9.17) is 9.47 Å². The maximum Gasteiger partial charge on any atom is 0.0905 e. The van der Waals surface area contributed by atoms with Crippen LogP contribution >= 0.6 is 0 Å². The van der Waals surface area contributed by atoms with Crippen LogP contribution in [-0.2, 0) is 9.47 Å². The minimum Gasteiger partial charge on any atom is -0.376 e. The van der Waals surface area contributed by atoms with Crippen molar-refractivity contribution in [2.45, 2.75) is 65.1 Å². The van der Waals surface area contributed by atoms with Crippen LogP contribution in [0.25, 0.3) is 0 Å². The molecule has 4 nitrogen and oxygen atoms in total. The first-order chi connectivity index (χ1) is 11.7. The monoisotopic (exact) mass is 352 g/mol. The fourth-order valence-electron chi connectivity index (χ4n) is 2.11. The summed E-state index contributed by atoms with van der Waals surface area (Å²) in [6.45, 7) is 12.4. The van der Waals surface area contributed by atoms with Gasteiger partial charge in [-0.15, -0.1) is 0 Å². The third-order valence-electron chi connectivity index (χ3n) is 5.06. The van der Waals surface area contributed by atoms with Crippen LogP contribution in [0.3, 0.4) is 0 Å². The van der Waals surface area contributed by atoms with E-state index < -0.39 is 0 Å². The number of methoxy groups -OCH3 is 2. The molecule has 0 aromatic carbocycles. The van der Waals surface area contributed by atoms with Crippen LogP contribution in [0.15, 0.2) is 16.6 Å². The molecule has 0 bridgehead atoms. The molecule has 0 saturated carbocycles. The summed E-state index contributed by atoms with van der Waals surface area (Å²) >= 11 is 0. The van der Waals surface area contributed by atoms with Crippen molar-refractivity contribution in [2.75, 3.05) is 34.4 Å². The molecule has 1 aliphatic rings. The minimum atomic E-state index is -0.234. The second kappa shape index (κ2) is 12.2. The third-order valence-corrected chi connectivity index (χ3v) is 5.06. The molecule has 146 valence electrons. The lowest BCUT2D eigenvalue weighted by molar-refractivity contribution is -0.147. The Balaban J connectivity index is 0. The minimum absolute atomic E-state index is 0. The van der Waals surface area contributed by atoms with Crippen LogP contribution in [0.2, 0.25) is 0 Å². The molecule has 1 N–H and O–H groups in total. The largest absolute Gasteiger partial charge is 0.376 e. The molecule has 0 aromatic heterocycles. The van der Waals surface area contributed by atoms with Gasteiger partial charge in [0.1, 0.15) is 0 Å². The number of rotatable bonds is 5. The highest BCUT2D eigenvalue weighted by Gasteiger charge is 2.36. The predicted octanol–water partition coefficient (Wildman–Crippen LogP) is 4.11. The molecule has 1 saturated heterocycles. The van der Waals surface area contributed by atoms with E-state index in [-0.39, 0.29) is 12.6 Å². The van der Waals surface area contributed by atoms with E-state index in [1.807, 2.05) is 40.0 Å². The summed E-state index contributed by atoms with van der Waals surface area (Å²) in [7, 11) is 5.19. The molecular formula is C21H40N2O2. The van der Waals surface area contributed by atoms with E-state index in [2.05, 4.69) is 29.1 Å². The first-order valence-corrected chi connectivity index (χ1v) is 9.17. The Morgan fingerprint density at radius 3 is 2.08 bits per heavy atom. The number of piperidine rings is 1. The number of hydrogen-bond donors (Lipinski definition) is 1. The zero-order valence-electron chi connectivity index (χ0n) is 17.5. The van der Waals surface area contributed by atoms with E-state index in [0.29, 0.717) is 5.92 Å². The van der Waals surface area contributed by atoms with Crippen molar-refractivity contribution in [1.29, 1.82) is 0 Å². The molecule has 4 heteroatoms. The normalized spacial score (nSPS) is 16.9. The number of nitrogens with zero attached hydrogens (tertiary/aromatic N) is 1. The molecule has 0 spiro atoms. The Labute approximate surface area is 157 Å². The van der Waals surface area contributed by atoms with Gasteiger partial charge in [-0.05, 0) is 71.7 Å². The first kappa shape index (κ1) is 23.9. The van der Waals surface area contributed by atoms with Gasteiger partial charge in [0.15, 0.2) is 0 Å². The van der Waals surface area contributed by atoms with Crippen molar-refractivity contribution in [1.82, 2.24) is 5.32 Å². The van der Waals surface area contributed by atoms with Crippen molar-refractivity contribution < 1.29 is 10.9 Å². The van der Waals surface area contributed by atoms with Crippen molar-refractivity contribution in [3.05, 3.63) is 11.6 Å². The smallest absolute Gasteiger partial charge is 0.0905 e. The van der Waals surface area contributed by atoms with Gasteiger partial charge in [0.25, 0.3) is 0 Å². The summed E-state index contributed by atoms with van der Waals surface area (Å²) < 4.78 is 10.5. The summed E-state index contributed by atoms with van der Waals surface area (Å²) in [6, 6.07) is 0. The number of allylic oxidation sites excluding steroid dienone is 2. The van der Waals surface area contributed by atoms with Crippen LogP contribution in [0.1, 0.15) is 55.3 Å².